The lowest BCUT2D eigenvalue weighted by atomic mass is 10.0. The molecule has 0 bridgehead atoms. The summed E-state index contributed by atoms with van der Waals surface area (Å²) in [6.07, 6.45) is 5.27. The number of aromatic nitrogens is 2. The predicted molar refractivity (Wildman–Crippen MR) is 107 cm³/mol. The molecule has 1 aromatic heterocycles. The van der Waals surface area contributed by atoms with Crippen molar-refractivity contribution in [2.45, 2.75) is 52.0 Å². The summed E-state index contributed by atoms with van der Waals surface area (Å²) in [6.45, 7) is 6.44. The van der Waals surface area contributed by atoms with Crippen LogP contribution in [0.5, 0.6) is 0 Å². The maximum absolute atomic E-state index is 12.2. The second-order valence-corrected chi connectivity index (χ2v) is 7.60. The Bertz CT molecular complexity index is 758. The number of nitrogens with zero attached hydrogens (tertiary/aromatic N) is 2. The number of hydrogen-bond donors (Lipinski definition) is 2. The van der Waals surface area contributed by atoms with Crippen LogP contribution in [0.1, 0.15) is 44.6 Å². The van der Waals surface area contributed by atoms with Crippen LogP contribution in [-0.2, 0) is 4.79 Å². The van der Waals surface area contributed by atoms with Gasteiger partial charge in [-0.05, 0) is 63.9 Å². The summed E-state index contributed by atoms with van der Waals surface area (Å²) in [5.41, 5.74) is 2.84. The third-order valence-electron chi connectivity index (χ3n) is 5.12. The fourth-order valence-corrected chi connectivity index (χ4v) is 3.71. The van der Waals surface area contributed by atoms with Gasteiger partial charge in [-0.15, -0.1) is 0 Å². The summed E-state index contributed by atoms with van der Waals surface area (Å²) in [7, 11) is 0. The summed E-state index contributed by atoms with van der Waals surface area (Å²) in [5.74, 6) is 0.642. The first kappa shape index (κ1) is 18.9. The normalized spacial score (nSPS) is 18.0. The van der Waals surface area contributed by atoms with Crippen LogP contribution >= 0.6 is 11.6 Å². The molecule has 3 rings (SSSR count). The molecular formula is C20H27ClN4O. The van der Waals surface area contributed by atoms with Crippen LogP contribution in [0.4, 0.5) is 5.82 Å². The Morgan fingerprint density at radius 3 is 3.04 bits per heavy atom. The maximum Gasteiger partial charge on any atom is 0.225 e. The fraction of sp³-hybridized carbons (Fsp3) is 0.500. The highest BCUT2D eigenvalue weighted by Crippen LogP contribution is 2.26. The zero-order valence-corrected chi connectivity index (χ0v) is 16.3. The molecule has 6 heteroatoms. The predicted octanol–water partition coefficient (Wildman–Crippen LogP) is 4.63. The standard InChI is InChI=1S/C20H27ClN4O/c1-14-8-9-16(21)12-17(14)18-13-19(24-23-18)22-20(26)7-5-11-25-10-4-3-6-15(25)2/h8-9,12-13,15H,3-7,10-11H2,1-2H3,(H2,22,23,24,26). The van der Waals surface area contributed by atoms with Crippen LogP contribution in [0.2, 0.25) is 5.02 Å². The number of benzene rings is 1. The topological polar surface area (TPSA) is 61.0 Å². The molecule has 1 amide bonds. The van der Waals surface area contributed by atoms with Gasteiger partial charge in [0.1, 0.15) is 5.82 Å². The number of carbonyl (C=O) groups is 1. The van der Waals surface area contributed by atoms with E-state index in [4.69, 9.17) is 11.6 Å². The first-order valence-corrected chi connectivity index (χ1v) is 9.76. The van der Waals surface area contributed by atoms with Crippen molar-refractivity contribution in [3.05, 3.63) is 34.9 Å². The molecule has 0 aliphatic carbocycles. The zero-order valence-electron chi connectivity index (χ0n) is 15.5. The Kier molecular flexibility index (Phi) is 6.33. The van der Waals surface area contributed by atoms with Gasteiger partial charge in [0.25, 0.3) is 0 Å². The van der Waals surface area contributed by atoms with E-state index in [0.29, 0.717) is 23.3 Å². The molecule has 140 valence electrons. The lowest BCUT2D eigenvalue weighted by molar-refractivity contribution is -0.116. The number of aryl methyl sites for hydroxylation is 1. The third kappa shape index (κ3) is 4.86. The van der Waals surface area contributed by atoms with Crippen LogP contribution in [0, 0.1) is 6.92 Å². The molecule has 1 saturated heterocycles. The van der Waals surface area contributed by atoms with E-state index in [9.17, 15) is 4.79 Å². The van der Waals surface area contributed by atoms with Crippen molar-refractivity contribution < 1.29 is 4.79 Å². The van der Waals surface area contributed by atoms with Gasteiger partial charge in [0.2, 0.25) is 5.91 Å². The Hall–Kier alpha value is -1.85. The van der Waals surface area contributed by atoms with Gasteiger partial charge in [-0.3, -0.25) is 9.89 Å². The van der Waals surface area contributed by atoms with Gasteiger partial charge >= 0.3 is 0 Å². The second kappa shape index (κ2) is 8.69. The van der Waals surface area contributed by atoms with E-state index in [1.54, 1.807) is 0 Å². The average molecular weight is 375 g/mol. The third-order valence-corrected chi connectivity index (χ3v) is 5.35. The quantitative estimate of drug-likeness (QED) is 0.774. The molecule has 2 aromatic rings. The van der Waals surface area contributed by atoms with Gasteiger partial charge in [-0.1, -0.05) is 24.1 Å². The molecular weight excluding hydrogens is 348 g/mol. The molecule has 1 fully saturated rings. The minimum atomic E-state index is 0.0210. The van der Waals surface area contributed by atoms with Crippen molar-refractivity contribution in [3.63, 3.8) is 0 Å². The van der Waals surface area contributed by atoms with Gasteiger partial charge in [-0.2, -0.15) is 5.10 Å². The highest BCUT2D eigenvalue weighted by atomic mass is 35.5. The van der Waals surface area contributed by atoms with Crippen molar-refractivity contribution >= 4 is 23.3 Å². The summed E-state index contributed by atoms with van der Waals surface area (Å²) in [6, 6.07) is 8.20. The second-order valence-electron chi connectivity index (χ2n) is 7.16. The molecule has 1 aliphatic rings. The first-order chi connectivity index (χ1) is 12.5. The zero-order chi connectivity index (χ0) is 18.5. The number of carbonyl (C=O) groups excluding carboxylic acids is 1. The number of likely N-dealkylation sites (tertiary alicyclic amines) is 1. The monoisotopic (exact) mass is 374 g/mol. The minimum Gasteiger partial charge on any atom is -0.311 e. The van der Waals surface area contributed by atoms with E-state index in [1.807, 2.05) is 31.2 Å². The van der Waals surface area contributed by atoms with E-state index in [2.05, 4.69) is 27.3 Å². The molecule has 2 heterocycles. The van der Waals surface area contributed by atoms with Gasteiger partial charge in [0.15, 0.2) is 0 Å². The number of rotatable bonds is 6. The van der Waals surface area contributed by atoms with E-state index in [-0.39, 0.29) is 5.91 Å². The van der Waals surface area contributed by atoms with E-state index >= 15 is 0 Å². The minimum absolute atomic E-state index is 0.0210. The van der Waals surface area contributed by atoms with Crippen LogP contribution in [-0.4, -0.2) is 40.1 Å². The van der Waals surface area contributed by atoms with Crippen LogP contribution in [0.15, 0.2) is 24.3 Å². The van der Waals surface area contributed by atoms with Gasteiger partial charge in [-0.25, -0.2) is 0 Å². The molecule has 1 unspecified atom stereocenters. The molecule has 2 N–H and O–H groups in total. The van der Waals surface area contributed by atoms with E-state index < -0.39 is 0 Å². The molecule has 0 saturated carbocycles. The van der Waals surface area contributed by atoms with Gasteiger partial charge in [0, 0.05) is 29.1 Å². The summed E-state index contributed by atoms with van der Waals surface area (Å²) in [4.78, 5) is 14.7. The first-order valence-electron chi connectivity index (χ1n) is 9.39. The summed E-state index contributed by atoms with van der Waals surface area (Å²) in [5, 5.41) is 10.8. The highest BCUT2D eigenvalue weighted by Gasteiger charge is 2.18. The number of anilines is 1. The number of H-pyrrole nitrogens is 1. The van der Waals surface area contributed by atoms with Gasteiger partial charge < -0.3 is 10.2 Å². The van der Waals surface area contributed by atoms with Crippen LogP contribution < -0.4 is 5.32 Å². The number of aromatic amines is 1. The fourth-order valence-electron chi connectivity index (χ4n) is 3.54. The largest absolute Gasteiger partial charge is 0.311 e. The molecule has 5 nitrogen and oxygen atoms in total. The van der Waals surface area contributed by atoms with Crippen molar-refractivity contribution in [2.75, 3.05) is 18.4 Å². The maximum atomic E-state index is 12.2. The van der Waals surface area contributed by atoms with E-state index in [0.717, 1.165) is 36.3 Å². The Morgan fingerprint density at radius 2 is 2.23 bits per heavy atom. The smallest absolute Gasteiger partial charge is 0.225 e. The summed E-state index contributed by atoms with van der Waals surface area (Å²) >= 11 is 6.08. The molecule has 0 radical (unpaired) electrons. The van der Waals surface area contributed by atoms with Crippen molar-refractivity contribution in [2.24, 2.45) is 0 Å². The molecule has 26 heavy (non-hydrogen) atoms. The highest BCUT2D eigenvalue weighted by molar-refractivity contribution is 6.30. The Labute approximate surface area is 160 Å². The van der Waals surface area contributed by atoms with Crippen LogP contribution in [0.3, 0.4) is 0 Å². The number of piperidine rings is 1. The van der Waals surface area contributed by atoms with Crippen molar-refractivity contribution in [1.29, 1.82) is 0 Å². The number of halogens is 1. The Morgan fingerprint density at radius 1 is 1.38 bits per heavy atom. The molecule has 1 atom stereocenters. The lowest BCUT2D eigenvalue weighted by Gasteiger charge is -2.33. The molecule has 1 aliphatic heterocycles. The molecule has 1 aromatic carbocycles. The average Bonchev–Trinajstić information content (AvgIpc) is 3.07. The lowest BCUT2D eigenvalue weighted by Crippen LogP contribution is -2.38. The Balaban J connectivity index is 1.50. The number of amides is 1. The van der Waals surface area contributed by atoms with E-state index in [1.165, 1.54) is 19.3 Å². The van der Waals surface area contributed by atoms with Crippen molar-refractivity contribution in [3.8, 4) is 11.3 Å². The van der Waals surface area contributed by atoms with Crippen molar-refractivity contribution in [1.82, 2.24) is 15.1 Å². The SMILES string of the molecule is Cc1ccc(Cl)cc1-c1cc(NC(=O)CCCN2CCCCC2C)[nH]n1. The van der Waals surface area contributed by atoms with Gasteiger partial charge in [0.05, 0.1) is 5.69 Å². The summed E-state index contributed by atoms with van der Waals surface area (Å²) < 4.78 is 0. The molecule has 0 spiro atoms. The van der Waals surface area contributed by atoms with Crippen LogP contribution in [0.25, 0.3) is 11.3 Å². The number of nitrogens with one attached hydrogen (secondary N) is 2. The number of hydrogen-bond acceptors (Lipinski definition) is 3.